The molecule has 0 spiro atoms. The first kappa shape index (κ1) is 19.2. The number of benzene rings is 1. The number of Topliss-reactive ketones (excluding diaryl/α,β-unsaturated/α-hetero) is 1. The van der Waals surface area contributed by atoms with Crippen LogP contribution >= 0.6 is 0 Å². The molecule has 1 amide bonds. The zero-order chi connectivity index (χ0) is 19.4. The molecule has 0 unspecified atom stereocenters. The molecular weight excluding hydrogens is 338 g/mol. The first-order valence-corrected chi connectivity index (χ1v) is 9.64. The van der Waals surface area contributed by atoms with E-state index in [0.717, 1.165) is 30.4 Å². The highest BCUT2D eigenvalue weighted by Crippen LogP contribution is 2.27. The molecule has 1 aromatic carbocycles. The van der Waals surface area contributed by atoms with Crippen LogP contribution in [0.1, 0.15) is 49.2 Å². The molecule has 1 heterocycles. The van der Waals surface area contributed by atoms with E-state index in [0.29, 0.717) is 30.4 Å². The van der Waals surface area contributed by atoms with Crippen LogP contribution in [0, 0.1) is 0 Å². The van der Waals surface area contributed by atoms with Crippen LogP contribution < -0.4 is 5.32 Å². The van der Waals surface area contributed by atoms with E-state index in [9.17, 15) is 9.59 Å². The van der Waals surface area contributed by atoms with Crippen LogP contribution in [0.5, 0.6) is 0 Å². The summed E-state index contributed by atoms with van der Waals surface area (Å²) in [6.07, 6.45) is 5.30. The van der Waals surface area contributed by atoms with Crippen LogP contribution in [0.15, 0.2) is 36.5 Å². The van der Waals surface area contributed by atoms with Crippen molar-refractivity contribution >= 4 is 17.4 Å². The molecule has 0 atom stereocenters. The van der Waals surface area contributed by atoms with E-state index >= 15 is 0 Å². The van der Waals surface area contributed by atoms with E-state index in [1.54, 1.807) is 13.1 Å². The summed E-state index contributed by atoms with van der Waals surface area (Å²) in [5.41, 5.74) is 3.98. The number of carbonyl (C=O) groups is 2. The van der Waals surface area contributed by atoms with Gasteiger partial charge in [-0.15, -0.1) is 0 Å². The molecule has 1 aromatic heterocycles. The quantitative estimate of drug-likeness (QED) is 0.720. The average Bonchev–Trinajstić information content (AvgIpc) is 3.52. The number of hydrogen-bond acceptors (Lipinski definition) is 4. The Bertz CT molecular complexity index is 843. The fraction of sp³-hybridized carbons (Fsp3) is 0.409. The molecule has 27 heavy (non-hydrogen) atoms. The standard InChI is InChI=1S/C22H27N3O2/c1-4-15-7-6-8-16(11-15)17-12-19(22(23-13-17)20(26)5-2)24-21(27)14-25(3)18-9-10-18/h6-8,11-13,18H,4-5,9-10,14H2,1-3H3,(H,24,27). The van der Waals surface area contributed by atoms with Crippen molar-refractivity contribution in [2.24, 2.45) is 0 Å². The normalized spacial score (nSPS) is 13.6. The van der Waals surface area contributed by atoms with Gasteiger partial charge in [0.15, 0.2) is 5.78 Å². The van der Waals surface area contributed by atoms with Crippen molar-refractivity contribution in [2.75, 3.05) is 18.9 Å². The van der Waals surface area contributed by atoms with Gasteiger partial charge >= 0.3 is 0 Å². The molecule has 3 rings (SSSR count). The highest BCUT2D eigenvalue weighted by molar-refractivity contribution is 6.04. The van der Waals surface area contributed by atoms with E-state index in [2.05, 4.69) is 34.3 Å². The van der Waals surface area contributed by atoms with Crippen molar-refractivity contribution in [3.05, 3.63) is 47.8 Å². The number of carbonyl (C=O) groups excluding carboxylic acids is 2. The van der Waals surface area contributed by atoms with Gasteiger partial charge in [-0.05, 0) is 43.5 Å². The summed E-state index contributed by atoms with van der Waals surface area (Å²) in [5, 5.41) is 2.91. The van der Waals surface area contributed by atoms with Crippen molar-refractivity contribution in [2.45, 2.75) is 45.6 Å². The third-order valence-corrected chi connectivity index (χ3v) is 4.98. The van der Waals surface area contributed by atoms with Crippen LogP contribution in [0.2, 0.25) is 0 Å². The zero-order valence-corrected chi connectivity index (χ0v) is 16.3. The summed E-state index contributed by atoms with van der Waals surface area (Å²) in [5.74, 6) is -0.189. The Hall–Kier alpha value is -2.53. The molecule has 1 fully saturated rings. The molecule has 1 aliphatic carbocycles. The highest BCUT2D eigenvalue weighted by Gasteiger charge is 2.27. The van der Waals surface area contributed by atoms with Crippen molar-refractivity contribution in [1.29, 1.82) is 0 Å². The molecule has 1 N–H and O–H groups in total. The van der Waals surface area contributed by atoms with E-state index in [1.807, 2.05) is 25.2 Å². The maximum absolute atomic E-state index is 12.5. The molecule has 2 aromatic rings. The zero-order valence-electron chi connectivity index (χ0n) is 16.3. The lowest BCUT2D eigenvalue weighted by Gasteiger charge is -2.16. The van der Waals surface area contributed by atoms with Crippen LogP contribution in [0.25, 0.3) is 11.1 Å². The second-order valence-electron chi connectivity index (χ2n) is 7.15. The summed E-state index contributed by atoms with van der Waals surface area (Å²) in [7, 11) is 1.96. The molecule has 5 nitrogen and oxygen atoms in total. The number of hydrogen-bond donors (Lipinski definition) is 1. The Morgan fingerprint density at radius 3 is 2.63 bits per heavy atom. The molecule has 1 aliphatic rings. The minimum Gasteiger partial charge on any atom is -0.323 e. The van der Waals surface area contributed by atoms with E-state index < -0.39 is 0 Å². The maximum Gasteiger partial charge on any atom is 0.238 e. The summed E-state index contributed by atoms with van der Waals surface area (Å²) in [4.78, 5) is 31.2. The second-order valence-corrected chi connectivity index (χ2v) is 7.15. The van der Waals surface area contributed by atoms with E-state index in [1.165, 1.54) is 5.56 Å². The Morgan fingerprint density at radius 1 is 1.19 bits per heavy atom. The molecule has 0 radical (unpaired) electrons. The van der Waals surface area contributed by atoms with Crippen LogP contribution in [-0.2, 0) is 11.2 Å². The van der Waals surface area contributed by atoms with Gasteiger partial charge in [-0.3, -0.25) is 19.5 Å². The average molecular weight is 365 g/mol. The lowest BCUT2D eigenvalue weighted by Crippen LogP contribution is -2.32. The molecule has 0 bridgehead atoms. The van der Waals surface area contributed by atoms with Gasteiger partial charge in [0, 0.05) is 24.2 Å². The largest absolute Gasteiger partial charge is 0.323 e. The minimum atomic E-state index is -0.115. The lowest BCUT2D eigenvalue weighted by molar-refractivity contribution is -0.117. The number of aromatic nitrogens is 1. The molecule has 142 valence electrons. The van der Waals surface area contributed by atoms with Gasteiger partial charge in [0.2, 0.25) is 5.91 Å². The number of likely N-dealkylation sites (N-methyl/N-ethyl adjacent to an activating group) is 1. The highest BCUT2D eigenvalue weighted by atomic mass is 16.2. The van der Waals surface area contributed by atoms with Gasteiger partial charge in [0.1, 0.15) is 5.69 Å². The van der Waals surface area contributed by atoms with Gasteiger partial charge < -0.3 is 5.32 Å². The first-order chi connectivity index (χ1) is 13.0. The fourth-order valence-electron chi connectivity index (χ4n) is 3.14. The molecule has 0 saturated heterocycles. The van der Waals surface area contributed by atoms with Crippen LogP contribution in [0.4, 0.5) is 5.69 Å². The molecule has 5 heteroatoms. The number of ketones is 1. The monoisotopic (exact) mass is 365 g/mol. The van der Waals surface area contributed by atoms with Crippen molar-refractivity contribution in [1.82, 2.24) is 9.88 Å². The van der Waals surface area contributed by atoms with Crippen molar-refractivity contribution in [3.8, 4) is 11.1 Å². The van der Waals surface area contributed by atoms with E-state index in [-0.39, 0.29) is 11.7 Å². The number of amides is 1. The summed E-state index contributed by atoms with van der Waals surface area (Å²) in [6, 6.07) is 10.6. The summed E-state index contributed by atoms with van der Waals surface area (Å²) in [6.45, 7) is 4.23. The van der Waals surface area contributed by atoms with Gasteiger partial charge in [0.25, 0.3) is 0 Å². The predicted molar refractivity (Wildman–Crippen MR) is 108 cm³/mol. The SMILES string of the molecule is CCC(=O)c1ncc(-c2cccc(CC)c2)cc1NC(=O)CN(C)C1CC1. The van der Waals surface area contributed by atoms with Gasteiger partial charge in [-0.1, -0.05) is 38.1 Å². The first-order valence-electron chi connectivity index (χ1n) is 9.64. The Kier molecular flexibility index (Phi) is 6.01. The number of rotatable bonds is 8. The second kappa shape index (κ2) is 8.44. The minimum absolute atomic E-state index is 0.0743. The Balaban J connectivity index is 1.88. The fourth-order valence-corrected chi connectivity index (χ4v) is 3.14. The van der Waals surface area contributed by atoms with Crippen molar-refractivity contribution in [3.63, 3.8) is 0 Å². The number of anilines is 1. The topological polar surface area (TPSA) is 62.3 Å². The third-order valence-electron chi connectivity index (χ3n) is 4.98. The molecular formula is C22H27N3O2. The van der Waals surface area contributed by atoms with Gasteiger partial charge in [-0.25, -0.2) is 0 Å². The Labute approximate surface area is 160 Å². The van der Waals surface area contributed by atoms with Crippen molar-refractivity contribution < 1.29 is 9.59 Å². The molecule has 1 saturated carbocycles. The van der Waals surface area contributed by atoms with Gasteiger partial charge in [0.05, 0.1) is 12.2 Å². The molecule has 0 aliphatic heterocycles. The smallest absolute Gasteiger partial charge is 0.238 e. The van der Waals surface area contributed by atoms with Gasteiger partial charge in [-0.2, -0.15) is 0 Å². The lowest BCUT2D eigenvalue weighted by atomic mass is 10.0. The number of pyridine rings is 1. The Morgan fingerprint density at radius 2 is 1.96 bits per heavy atom. The third kappa shape index (κ3) is 4.80. The maximum atomic E-state index is 12.5. The predicted octanol–water partition coefficient (Wildman–Crippen LogP) is 3.94. The number of aryl methyl sites for hydroxylation is 1. The van der Waals surface area contributed by atoms with E-state index in [4.69, 9.17) is 0 Å². The summed E-state index contributed by atoms with van der Waals surface area (Å²) >= 11 is 0. The summed E-state index contributed by atoms with van der Waals surface area (Å²) < 4.78 is 0. The van der Waals surface area contributed by atoms with Crippen LogP contribution in [-0.4, -0.2) is 41.2 Å². The number of nitrogens with one attached hydrogen (secondary N) is 1. The van der Waals surface area contributed by atoms with Crippen LogP contribution in [0.3, 0.4) is 0 Å². The number of nitrogens with zero attached hydrogens (tertiary/aromatic N) is 2.